The molecular weight excluding hydrogens is 280 g/mol. The molecule has 0 bridgehead atoms. The summed E-state index contributed by atoms with van der Waals surface area (Å²) < 4.78 is 4.92. The second-order valence-corrected chi connectivity index (χ2v) is 5.42. The van der Waals surface area contributed by atoms with Crippen LogP contribution in [0, 0.1) is 0 Å². The zero-order valence-electron chi connectivity index (χ0n) is 12.5. The summed E-state index contributed by atoms with van der Waals surface area (Å²) in [7, 11) is 1.40. The molecule has 114 valence electrons. The Morgan fingerprint density at radius 2 is 2.23 bits per heavy atom. The highest BCUT2D eigenvalue weighted by atomic mass is 16.5. The molecule has 0 spiro atoms. The van der Waals surface area contributed by atoms with E-state index in [-0.39, 0.29) is 12.0 Å². The minimum atomic E-state index is -0.335. The van der Waals surface area contributed by atoms with Gasteiger partial charge in [0, 0.05) is 18.1 Å². The molecule has 1 aliphatic heterocycles. The normalized spacial score (nSPS) is 18.2. The number of nitrogens with zero attached hydrogens (tertiary/aromatic N) is 2. The monoisotopic (exact) mass is 298 g/mol. The van der Waals surface area contributed by atoms with Crippen LogP contribution in [0.3, 0.4) is 0 Å². The molecule has 3 rings (SSSR count). The molecule has 0 radical (unpaired) electrons. The number of piperidine rings is 1. The number of benzene rings is 1. The third-order valence-corrected chi connectivity index (χ3v) is 4.19. The van der Waals surface area contributed by atoms with Crippen molar-refractivity contribution in [1.29, 1.82) is 0 Å². The van der Waals surface area contributed by atoms with Gasteiger partial charge in [0.05, 0.1) is 23.9 Å². The molecule has 0 amide bonds. The smallest absolute Gasteiger partial charge is 0.328 e. The van der Waals surface area contributed by atoms with Gasteiger partial charge in [0.25, 0.3) is 0 Å². The summed E-state index contributed by atoms with van der Waals surface area (Å²) in [5.41, 5.74) is 1.97. The van der Waals surface area contributed by atoms with E-state index >= 15 is 0 Å². The molecule has 1 saturated heterocycles. The molecule has 2 aromatic rings. The Kier molecular flexibility index (Phi) is 4.04. The number of methoxy groups -OCH3 is 1. The predicted molar refractivity (Wildman–Crippen MR) is 84.1 cm³/mol. The number of esters is 1. The fourth-order valence-electron chi connectivity index (χ4n) is 3.12. The summed E-state index contributed by atoms with van der Waals surface area (Å²) in [6.45, 7) is 0.735. The maximum Gasteiger partial charge on any atom is 0.328 e. The van der Waals surface area contributed by atoms with Crippen molar-refractivity contribution in [3.8, 4) is 0 Å². The van der Waals surface area contributed by atoms with Crippen LogP contribution in [0.2, 0.25) is 0 Å². The van der Waals surface area contributed by atoms with Crippen molar-refractivity contribution in [2.45, 2.75) is 25.3 Å². The molecule has 1 fully saturated rings. The molecule has 1 unspecified atom stereocenters. The van der Waals surface area contributed by atoms with Crippen LogP contribution in [-0.2, 0) is 9.53 Å². The summed E-state index contributed by atoms with van der Waals surface area (Å²) in [4.78, 5) is 30.0. The molecule has 22 heavy (non-hydrogen) atoms. The molecule has 1 atom stereocenters. The Morgan fingerprint density at radius 1 is 1.36 bits per heavy atom. The number of aromatic nitrogens is 1. The summed E-state index contributed by atoms with van der Waals surface area (Å²) in [5.74, 6) is -0.252. The number of ether oxygens (including phenoxy) is 1. The van der Waals surface area contributed by atoms with Gasteiger partial charge in [0.15, 0.2) is 6.29 Å². The Labute approximate surface area is 128 Å². The van der Waals surface area contributed by atoms with Crippen molar-refractivity contribution >= 4 is 28.8 Å². The molecule has 2 heterocycles. The van der Waals surface area contributed by atoms with E-state index in [1.807, 2.05) is 29.2 Å². The number of anilines is 1. The van der Waals surface area contributed by atoms with Crippen LogP contribution in [0.5, 0.6) is 0 Å². The first-order valence-corrected chi connectivity index (χ1v) is 7.43. The van der Waals surface area contributed by atoms with E-state index < -0.39 is 0 Å². The number of rotatable bonds is 3. The number of hydrogen-bond donors (Lipinski definition) is 0. The van der Waals surface area contributed by atoms with Crippen LogP contribution < -0.4 is 4.90 Å². The zero-order valence-corrected chi connectivity index (χ0v) is 12.5. The molecule has 5 heteroatoms. The highest BCUT2D eigenvalue weighted by Crippen LogP contribution is 2.31. The van der Waals surface area contributed by atoms with Gasteiger partial charge in [-0.25, -0.2) is 4.79 Å². The van der Waals surface area contributed by atoms with Crippen molar-refractivity contribution in [3.05, 3.63) is 36.0 Å². The van der Waals surface area contributed by atoms with E-state index in [4.69, 9.17) is 4.74 Å². The quantitative estimate of drug-likeness (QED) is 0.644. The molecule has 0 N–H and O–H groups in total. The number of carbonyl (C=O) groups is 2. The van der Waals surface area contributed by atoms with Gasteiger partial charge < -0.3 is 9.64 Å². The van der Waals surface area contributed by atoms with Gasteiger partial charge in [-0.05, 0) is 31.4 Å². The largest absolute Gasteiger partial charge is 0.467 e. The first-order chi connectivity index (χ1) is 10.8. The average molecular weight is 298 g/mol. The van der Waals surface area contributed by atoms with Crippen LogP contribution in [0.1, 0.15) is 29.6 Å². The molecule has 0 saturated carbocycles. The summed E-state index contributed by atoms with van der Waals surface area (Å²) >= 11 is 0. The Morgan fingerprint density at radius 3 is 3.00 bits per heavy atom. The lowest BCUT2D eigenvalue weighted by molar-refractivity contribution is -0.142. The van der Waals surface area contributed by atoms with Crippen molar-refractivity contribution in [1.82, 2.24) is 4.98 Å². The minimum absolute atomic E-state index is 0.252. The average Bonchev–Trinajstić information content (AvgIpc) is 2.60. The van der Waals surface area contributed by atoms with Crippen LogP contribution in [0.15, 0.2) is 30.5 Å². The predicted octanol–water partition coefficient (Wildman–Crippen LogP) is 2.58. The SMILES string of the molecule is COC(=O)C1CCCCN1c1ccc2cccnc2c1C=O. The fourth-order valence-corrected chi connectivity index (χ4v) is 3.12. The van der Waals surface area contributed by atoms with Crippen molar-refractivity contribution in [3.63, 3.8) is 0 Å². The minimum Gasteiger partial charge on any atom is -0.467 e. The van der Waals surface area contributed by atoms with Crippen molar-refractivity contribution in [2.24, 2.45) is 0 Å². The van der Waals surface area contributed by atoms with E-state index in [0.29, 0.717) is 11.1 Å². The number of hydrogen-bond acceptors (Lipinski definition) is 5. The molecule has 1 aliphatic rings. The Balaban J connectivity index is 2.11. The van der Waals surface area contributed by atoms with Crippen molar-refractivity contribution in [2.75, 3.05) is 18.6 Å². The Bertz CT molecular complexity index is 714. The van der Waals surface area contributed by atoms with Crippen LogP contribution in [0.4, 0.5) is 5.69 Å². The standard InChI is InChI=1S/C17H18N2O3/c1-22-17(21)15-6-2-3-10-19(15)14-8-7-12-5-4-9-18-16(12)13(14)11-20/h4-5,7-9,11,15H,2-3,6,10H2,1H3. The third kappa shape index (κ3) is 2.43. The number of aldehydes is 1. The van der Waals surface area contributed by atoms with E-state index in [1.165, 1.54) is 7.11 Å². The first-order valence-electron chi connectivity index (χ1n) is 7.43. The van der Waals surface area contributed by atoms with E-state index in [9.17, 15) is 9.59 Å². The first kappa shape index (κ1) is 14.5. The highest BCUT2D eigenvalue weighted by Gasteiger charge is 2.31. The molecular formula is C17H18N2O3. The summed E-state index contributed by atoms with van der Waals surface area (Å²) in [5, 5.41) is 0.917. The van der Waals surface area contributed by atoms with Gasteiger partial charge in [0.1, 0.15) is 6.04 Å². The Hall–Kier alpha value is -2.43. The van der Waals surface area contributed by atoms with E-state index in [2.05, 4.69) is 4.98 Å². The lowest BCUT2D eigenvalue weighted by atomic mass is 9.99. The van der Waals surface area contributed by atoms with Crippen molar-refractivity contribution < 1.29 is 14.3 Å². The van der Waals surface area contributed by atoms with Crippen LogP contribution >= 0.6 is 0 Å². The topological polar surface area (TPSA) is 59.5 Å². The van der Waals surface area contributed by atoms with Gasteiger partial charge in [-0.15, -0.1) is 0 Å². The van der Waals surface area contributed by atoms with Crippen LogP contribution in [0.25, 0.3) is 10.9 Å². The number of pyridine rings is 1. The maximum absolute atomic E-state index is 12.0. The molecule has 1 aromatic carbocycles. The lowest BCUT2D eigenvalue weighted by Gasteiger charge is -2.36. The fraction of sp³-hybridized carbons (Fsp3) is 0.353. The van der Waals surface area contributed by atoms with Gasteiger partial charge in [0.2, 0.25) is 0 Å². The summed E-state index contributed by atoms with van der Waals surface area (Å²) in [6.07, 6.45) is 5.22. The highest BCUT2D eigenvalue weighted by molar-refractivity contribution is 6.02. The third-order valence-electron chi connectivity index (χ3n) is 4.19. The lowest BCUT2D eigenvalue weighted by Crippen LogP contribution is -2.45. The molecule has 5 nitrogen and oxygen atoms in total. The van der Waals surface area contributed by atoms with E-state index in [0.717, 1.165) is 43.2 Å². The number of fused-ring (bicyclic) bond motifs is 1. The zero-order chi connectivity index (χ0) is 15.5. The van der Waals surface area contributed by atoms with Gasteiger partial charge in [-0.2, -0.15) is 0 Å². The summed E-state index contributed by atoms with van der Waals surface area (Å²) in [6, 6.07) is 7.27. The maximum atomic E-state index is 12.0. The van der Waals surface area contributed by atoms with Gasteiger partial charge in [-0.1, -0.05) is 12.1 Å². The molecule has 1 aromatic heterocycles. The van der Waals surface area contributed by atoms with Gasteiger partial charge >= 0.3 is 5.97 Å². The second-order valence-electron chi connectivity index (χ2n) is 5.42. The second kappa shape index (κ2) is 6.13. The molecule has 0 aliphatic carbocycles. The van der Waals surface area contributed by atoms with E-state index in [1.54, 1.807) is 6.20 Å². The van der Waals surface area contributed by atoms with Gasteiger partial charge in [-0.3, -0.25) is 9.78 Å². The van der Waals surface area contributed by atoms with Crippen LogP contribution in [-0.4, -0.2) is 36.9 Å². The number of carbonyl (C=O) groups excluding carboxylic acids is 2.